The van der Waals surface area contributed by atoms with Crippen molar-refractivity contribution in [1.29, 1.82) is 0 Å². The number of nitrogens with zero attached hydrogens (tertiary/aromatic N) is 2. The summed E-state index contributed by atoms with van der Waals surface area (Å²) in [7, 11) is -3.84. The fourth-order valence-electron chi connectivity index (χ4n) is 2.52. The maximum absolute atomic E-state index is 13.2. The Bertz CT molecular complexity index is 983. The number of sulfonamides is 1. The van der Waals surface area contributed by atoms with Gasteiger partial charge in [0.15, 0.2) is 5.78 Å². The van der Waals surface area contributed by atoms with E-state index >= 15 is 0 Å². The van der Waals surface area contributed by atoms with Crippen LogP contribution in [0, 0.1) is 0 Å². The van der Waals surface area contributed by atoms with E-state index < -0.39 is 10.0 Å². The molecule has 0 spiro atoms. The van der Waals surface area contributed by atoms with Gasteiger partial charge in [0.1, 0.15) is 5.76 Å². The SMILES string of the molecule is CC(=O)c1cccc(S(=O)(=O)N(Cc2cccnc2)Cc2ccco2)c1. The van der Waals surface area contributed by atoms with Crippen LogP contribution in [0.5, 0.6) is 0 Å². The summed E-state index contributed by atoms with van der Waals surface area (Å²) in [4.78, 5) is 15.7. The second-order valence-electron chi connectivity index (χ2n) is 5.80. The zero-order chi connectivity index (χ0) is 18.6. The van der Waals surface area contributed by atoms with Gasteiger partial charge in [0, 0.05) is 24.5 Å². The summed E-state index contributed by atoms with van der Waals surface area (Å²) in [5.74, 6) is 0.340. The number of ketones is 1. The molecule has 2 aromatic heterocycles. The van der Waals surface area contributed by atoms with Crippen LogP contribution in [0.15, 0.2) is 76.5 Å². The molecule has 0 N–H and O–H groups in total. The van der Waals surface area contributed by atoms with E-state index in [1.54, 1.807) is 42.7 Å². The number of hydrogen-bond acceptors (Lipinski definition) is 5. The Kier molecular flexibility index (Phi) is 5.29. The van der Waals surface area contributed by atoms with Crippen molar-refractivity contribution in [2.75, 3.05) is 0 Å². The summed E-state index contributed by atoms with van der Waals surface area (Å²) in [5.41, 5.74) is 1.11. The third-order valence-electron chi connectivity index (χ3n) is 3.87. The fourth-order valence-corrected chi connectivity index (χ4v) is 3.96. The molecule has 0 fully saturated rings. The lowest BCUT2D eigenvalue weighted by Gasteiger charge is -2.21. The van der Waals surface area contributed by atoms with E-state index in [1.807, 2.05) is 6.07 Å². The van der Waals surface area contributed by atoms with E-state index in [-0.39, 0.29) is 23.8 Å². The molecule has 0 aliphatic rings. The van der Waals surface area contributed by atoms with Gasteiger partial charge in [0.2, 0.25) is 10.0 Å². The molecule has 0 bridgehead atoms. The summed E-state index contributed by atoms with van der Waals surface area (Å²) in [6, 6.07) is 13.0. The van der Waals surface area contributed by atoms with Crippen molar-refractivity contribution in [3.05, 3.63) is 84.1 Å². The molecular formula is C19H18N2O4S. The van der Waals surface area contributed by atoms with E-state index in [4.69, 9.17) is 4.42 Å². The van der Waals surface area contributed by atoms with E-state index in [1.165, 1.54) is 29.6 Å². The first-order chi connectivity index (χ1) is 12.5. The van der Waals surface area contributed by atoms with Gasteiger partial charge in [0.05, 0.1) is 17.7 Å². The predicted octanol–water partition coefficient (Wildman–Crippen LogP) is 3.27. The Morgan fingerprint density at radius 1 is 1.12 bits per heavy atom. The van der Waals surface area contributed by atoms with Crippen molar-refractivity contribution < 1.29 is 17.6 Å². The largest absolute Gasteiger partial charge is 0.468 e. The normalized spacial score (nSPS) is 11.6. The molecule has 1 aromatic carbocycles. The Morgan fingerprint density at radius 2 is 1.96 bits per heavy atom. The molecule has 0 atom stereocenters. The van der Waals surface area contributed by atoms with Gasteiger partial charge in [-0.15, -0.1) is 0 Å². The summed E-state index contributed by atoms with van der Waals surface area (Å²) < 4.78 is 33.0. The van der Waals surface area contributed by atoms with Crippen molar-refractivity contribution in [3.8, 4) is 0 Å². The molecule has 3 aromatic rings. The Morgan fingerprint density at radius 3 is 2.62 bits per heavy atom. The highest BCUT2D eigenvalue weighted by Gasteiger charge is 2.26. The van der Waals surface area contributed by atoms with E-state index in [9.17, 15) is 13.2 Å². The van der Waals surface area contributed by atoms with Crippen LogP contribution in [0.4, 0.5) is 0 Å². The Balaban J connectivity index is 1.98. The fraction of sp³-hybridized carbons (Fsp3) is 0.158. The standard InChI is InChI=1S/C19H18N2O4S/c1-15(22)17-6-2-8-19(11-17)26(23,24)21(14-18-7-4-10-25-18)13-16-5-3-9-20-12-16/h2-12H,13-14H2,1H3. The van der Waals surface area contributed by atoms with Crippen LogP contribution in [0.25, 0.3) is 0 Å². The van der Waals surface area contributed by atoms with Gasteiger partial charge < -0.3 is 4.42 Å². The third-order valence-corrected chi connectivity index (χ3v) is 5.66. The number of rotatable bonds is 7. The highest BCUT2D eigenvalue weighted by atomic mass is 32.2. The first-order valence-electron chi connectivity index (χ1n) is 7.99. The average Bonchev–Trinajstić information content (AvgIpc) is 3.15. The molecule has 0 unspecified atom stereocenters. The van der Waals surface area contributed by atoms with Crippen LogP contribution in [0.1, 0.15) is 28.6 Å². The highest BCUT2D eigenvalue weighted by Crippen LogP contribution is 2.22. The maximum atomic E-state index is 13.2. The van der Waals surface area contributed by atoms with Crippen molar-refractivity contribution in [1.82, 2.24) is 9.29 Å². The number of aromatic nitrogens is 1. The van der Waals surface area contributed by atoms with Crippen molar-refractivity contribution >= 4 is 15.8 Å². The van der Waals surface area contributed by atoms with Crippen molar-refractivity contribution in [2.24, 2.45) is 0 Å². The first kappa shape index (κ1) is 18.0. The molecular weight excluding hydrogens is 352 g/mol. The molecule has 0 radical (unpaired) electrons. The van der Waals surface area contributed by atoms with Crippen LogP contribution in [0.2, 0.25) is 0 Å². The zero-order valence-electron chi connectivity index (χ0n) is 14.2. The number of Topliss-reactive ketones (excluding diaryl/α,β-unsaturated/α-hetero) is 1. The Labute approximate surface area is 152 Å². The minimum atomic E-state index is -3.84. The average molecular weight is 370 g/mol. The monoisotopic (exact) mass is 370 g/mol. The molecule has 134 valence electrons. The maximum Gasteiger partial charge on any atom is 0.243 e. The second kappa shape index (κ2) is 7.63. The van der Waals surface area contributed by atoms with Gasteiger partial charge in [-0.3, -0.25) is 9.78 Å². The van der Waals surface area contributed by atoms with Gasteiger partial charge in [-0.05, 0) is 42.8 Å². The lowest BCUT2D eigenvalue weighted by molar-refractivity contribution is 0.101. The molecule has 0 amide bonds. The Hall–Kier alpha value is -2.77. The number of hydrogen-bond donors (Lipinski definition) is 0. The summed E-state index contributed by atoms with van der Waals surface area (Å²) >= 11 is 0. The van der Waals surface area contributed by atoms with Crippen molar-refractivity contribution in [3.63, 3.8) is 0 Å². The number of furan rings is 1. The lowest BCUT2D eigenvalue weighted by Crippen LogP contribution is -2.30. The molecule has 0 aliphatic carbocycles. The molecule has 0 saturated heterocycles. The van der Waals surface area contributed by atoms with Crippen LogP contribution in [-0.4, -0.2) is 23.5 Å². The molecule has 26 heavy (non-hydrogen) atoms. The summed E-state index contributed by atoms with van der Waals surface area (Å²) in [6.45, 7) is 1.62. The molecule has 2 heterocycles. The lowest BCUT2D eigenvalue weighted by atomic mass is 10.2. The number of carbonyl (C=O) groups is 1. The van der Waals surface area contributed by atoms with E-state index in [0.29, 0.717) is 11.3 Å². The molecule has 0 saturated carbocycles. The second-order valence-corrected chi connectivity index (χ2v) is 7.74. The number of pyridine rings is 1. The minimum Gasteiger partial charge on any atom is -0.468 e. The third kappa shape index (κ3) is 4.07. The van der Waals surface area contributed by atoms with E-state index in [2.05, 4.69) is 4.98 Å². The number of benzene rings is 1. The van der Waals surface area contributed by atoms with E-state index in [0.717, 1.165) is 5.56 Å². The van der Waals surface area contributed by atoms with Gasteiger partial charge in [-0.25, -0.2) is 8.42 Å². The van der Waals surface area contributed by atoms with Crippen molar-refractivity contribution in [2.45, 2.75) is 24.9 Å². The smallest absolute Gasteiger partial charge is 0.243 e. The molecule has 6 nitrogen and oxygen atoms in total. The molecule has 7 heteroatoms. The van der Waals surface area contributed by atoms with Gasteiger partial charge in [0.25, 0.3) is 0 Å². The molecule has 0 aliphatic heterocycles. The van der Waals surface area contributed by atoms with Crippen LogP contribution in [-0.2, 0) is 23.1 Å². The van der Waals surface area contributed by atoms with Gasteiger partial charge >= 0.3 is 0 Å². The highest BCUT2D eigenvalue weighted by molar-refractivity contribution is 7.89. The number of carbonyl (C=O) groups excluding carboxylic acids is 1. The van der Waals surface area contributed by atoms with Gasteiger partial charge in [-0.2, -0.15) is 4.31 Å². The first-order valence-corrected chi connectivity index (χ1v) is 9.43. The minimum absolute atomic E-state index is 0.0700. The van der Waals surface area contributed by atoms with Crippen LogP contribution >= 0.6 is 0 Å². The van der Waals surface area contributed by atoms with Crippen LogP contribution < -0.4 is 0 Å². The van der Waals surface area contributed by atoms with Gasteiger partial charge in [-0.1, -0.05) is 18.2 Å². The quantitative estimate of drug-likeness (QED) is 0.596. The summed E-state index contributed by atoms with van der Waals surface area (Å²) in [5, 5.41) is 0. The summed E-state index contributed by atoms with van der Waals surface area (Å²) in [6.07, 6.45) is 4.75. The van der Waals surface area contributed by atoms with Crippen LogP contribution in [0.3, 0.4) is 0 Å². The topological polar surface area (TPSA) is 80.5 Å². The predicted molar refractivity (Wildman–Crippen MR) is 95.8 cm³/mol. The molecule has 3 rings (SSSR count). The zero-order valence-corrected chi connectivity index (χ0v) is 15.0.